The maximum atomic E-state index is 12.2. The first-order valence-corrected chi connectivity index (χ1v) is 15.4. The van der Waals surface area contributed by atoms with Crippen molar-refractivity contribution in [2.75, 3.05) is 5.73 Å². The van der Waals surface area contributed by atoms with Gasteiger partial charge in [0.25, 0.3) is 20.2 Å². The summed E-state index contributed by atoms with van der Waals surface area (Å²) < 4.78 is 67.1. The summed E-state index contributed by atoms with van der Waals surface area (Å²) in [5.41, 5.74) is 4.29. The maximum Gasteiger partial charge on any atom is 0.335 e. The number of fused-ring (bicyclic) bond motifs is 2. The van der Waals surface area contributed by atoms with Crippen LogP contribution in [0.5, 0.6) is 5.75 Å². The number of hydrogen-bond acceptors (Lipinski definition) is 12. The molecule has 0 aromatic heterocycles. The Kier molecular flexibility index (Phi) is 7.97. The zero-order valence-electron chi connectivity index (χ0n) is 22.8. The van der Waals surface area contributed by atoms with Crippen LogP contribution in [0.1, 0.15) is 20.7 Å². The van der Waals surface area contributed by atoms with Crippen LogP contribution in [0, 0.1) is 0 Å². The van der Waals surface area contributed by atoms with Gasteiger partial charge in [0.15, 0.2) is 5.75 Å². The highest BCUT2D eigenvalue weighted by Gasteiger charge is 2.24. The number of carboxylic acids is 2. The number of phenolic OH excluding ortho intramolecular Hbond substituents is 1. The van der Waals surface area contributed by atoms with E-state index in [4.69, 9.17) is 5.73 Å². The number of nitrogens with two attached hydrogens (primary N) is 1. The van der Waals surface area contributed by atoms with Gasteiger partial charge in [0.1, 0.15) is 15.5 Å². The minimum absolute atomic E-state index is 0.0426. The van der Waals surface area contributed by atoms with Gasteiger partial charge >= 0.3 is 11.9 Å². The molecule has 46 heavy (non-hydrogen) atoms. The molecular formula is C28H19N5O11S2. The van der Waals surface area contributed by atoms with Crippen LogP contribution < -0.4 is 5.73 Å². The van der Waals surface area contributed by atoms with Gasteiger partial charge < -0.3 is 21.1 Å². The highest BCUT2D eigenvalue weighted by Crippen LogP contribution is 2.44. The Labute approximate surface area is 258 Å². The number of azo groups is 2. The van der Waals surface area contributed by atoms with Gasteiger partial charge in [-0.15, -0.1) is 15.3 Å². The molecule has 5 aromatic carbocycles. The van der Waals surface area contributed by atoms with Gasteiger partial charge in [-0.2, -0.15) is 21.9 Å². The van der Waals surface area contributed by atoms with E-state index in [-0.39, 0.29) is 39.0 Å². The lowest BCUT2D eigenvalue weighted by atomic mass is 10.1. The lowest BCUT2D eigenvalue weighted by molar-refractivity contribution is 0.0696. The Hall–Kier alpha value is -5.82. The van der Waals surface area contributed by atoms with E-state index in [1.54, 1.807) is 24.3 Å². The number of rotatable bonds is 8. The lowest BCUT2D eigenvalue weighted by Gasteiger charge is -2.11. The molecule has 5 aromatic rings. The third kappa shape index (κ3) is 6.21. The molecule has 0 spiro atoms. The molecule has 7 N–H and O–H groups in total. The molecule has 0 atom stereocenters. The second-order valence-electron chi connectivity index (χ2n) is 9.56. The van der Waals surface area contributed by atoms with Gasteiger partial charge in [-0.1, -0.05) is 24.3 Å². The Bertz CT molecular complexity index is 2380. The lowest BCUT2D eigenvalue weighted by Crippen LogP contribution is -2.04. The molecule has 0 fully saturated rings. The average Bonchev–Trinajstić information content (AvgIpc) is 2.98. The maximum absolute atomic E-state index is 12.2. The summed E-state index contributed by atoms with van der Waals surface area (Å²) in [4.78, 5) is 21.2. The number of nitrogens with zero attached hydrogens (tertiary/aromatic N) is 4. The minimum atomic E-state index is -5.07. The van der Waals surface area contributed by atoms with Crippen molar-refractivity contribution in [2.24, 2.45) is 20.5 Å². The van der Waals surface area contributed by atoms with E-state index in [9.17, 15) is 50.8 Å². The number of carboxylic acid groups (broad SMARTS) is 2. The Morgan fingerprint density at radius 3 is 1.63 bits per heavy atom. The first-order chi connectivity index (χ1) is 21.5. The molecule has 0 saturated heterocycles. The normalized spacial score (nSPS) is 12.4. The van der Waals surface area contributed by atoms with Crippen LogP contribution >= 0.6 is 0 Å². The molecule has 0 amide bonds. The molecule has 0 aliphatic rings. The number of benzene rings is 5. The number of phenols is 1. The average molecular weight is 666 g/mol. The van der Waals surface area contributed by atoms with Crippen molar-refractivity contribution in [1.29, 1.82) is 0 Å². The van der Waals surface area contributed by atoms with Crippen molar-refractivity contribution in [3.05, 3.63) is 83.9 Å². The number of carbonyl (C=O) groups is 2. The van der Waals surface area contributed by atoms with Crippen LogP contribution in [0.4, 0.5) is 28.4 Å². The zero-order valence-corrected chi connectivity index (χ0v) is 24.4. The molecule has 0 bridgehead atoms. The Balaban J connectivity index is 1.62. The monoisotopic (exact) mass is 665 g/mol. The van der Waals surface area contributed by atoms with Gasteiger partial charge in [-0.25, -0.2) is 9.59 Å². The number of hydrogen-bond donors (Lipinski definition) is 6. The van der Waals surface area contributed by atoms with Crippen molar-refractivity contribution in [2.45, 2.75) is 9.79 Å². The second kappa shape index (κ2) is 11.6. The summed E-state index contributed by atoms with van der Waals surface area (Å²) in [6.45, 7) is 0. The van der Waals surface area contributed by atoms with Crippen LogP contribution in [0.25, 0.3) is 21.5 Å². The number of aromatic carboxylic acids is 2. The number of aromatic hydroxyl groups is 1. The predicted molar refractivity (Wildman–Crippen MR) is 162 cm³/mol. The van der Waals surface area contributed by atoms with Crippen LogP contribution in [0.2, 0.25) is 0 Å². The van der Waals surface area contributed by atoms with Crippen molar-refractivity contribution in [1.82, 2.24) is 0 Å². The predicted octanol–water partition coefficient (Wildman–Crippen LogP) is 6.00. The smallest absolute Gasteiger partial charge is 0.335 e. The van der Waals surface area contributed by atoms with Gasteiger partial charge in [0, 0.05) is 16.2 Å². The molecule has 5 rings (SSSR count). The molecule has 234 valence electrons. The van der Waals surface area contributed by atoms with Crippen LogP contribution in [-0.2, 0) is 20.2 Å². The molecule has 0 saturated carbocycles. The first-order valence-electron chi connectivity index (χ1n) is 12.6. The summed E-state index contributed by atoms with van der Waals surface area (Å²) in [5.74, 6) is -3.54. The van der Waals surface area contributed by atoms with E-state index in [0.29, 0.717) is 10.8 Å². The Morgan fingerprint density at radius 2 is 1.13 bits per heavy atom. The standard InChI is InChI=1S/C28H19N5O11S2/c29-20-12-19-13(10-23(20)45(39,40)41)11-24(46(42,43)44)25(26(19)34)33-32-22-6-5-21(17-3-1-2-4-18(17)22)31-30-16-8-14(27(35)36)7-15(9-16)28(37)38/h1-12,34H,29H2,(H,35,36)(H,37,38)(H,39,40,41)(H,42,43,44). The zero-order chi connectivity index (χ0) is 33.6. The second-order valence-corrected chi connectivity index (χ2v) is 12.3. The van der Waals surface area contributed by atoms with Gasteiger partial charge in [-0.05, 0) is 53.9 Å². The fourth-order valence-electron chi connectivity index (χ4n) is 4.48. The summed E-state index contributed by atoms with van der Waals surface area (Å²) >= 11 is 0. The Morgan fingerprint density at radius 1 is 0.630 bits per heavy atom. The van der Waals surface area contributed by atoms with Crippen molar-refractivity contribution in [3.8, 4) is 5.75 Å². The summed E-state index contributed by atoms with van der Waals surface area (Å²) in [6, 6.07) is 15.3. The molecule has 0 aliphatic carbocycles. The van der Waals surface area contributed by atoms with E-state index in [0.717, 1.165) is 36.4 Å². The van der Waals surface area contributed by atoms with E-state index >= 15 is 0 Å². The summed E-state index contributed by atoms with van der Waals surface area (Å²) in [6.07, 6.45) is 0. The van der Waals surface area contributed by atoms with Gasteiger partial charge in [-0.3, -0.25) is 9.11 Å². The van der Waals surface area contributed by atoms with E-state index in [1.165, 1.54) is 12.1 Å². The molecule has 0 radical (unpaired) electrons. The topological polar surface area (TPSA) is 279 Å². The van der Waals surface area contributed by atoms with Crippen LogP contribution in [-0.4, -0.2) is 53.2 Å². The third-order valence-electron chi connectivity index (χ3n) is 6.56. The van der Waals surface area contributed by atoms with Crippen LogP contribution in [0.3, 0.4) is 0 Å². The van der Waals surface area contributed by atoms with E-state index < -0.39 is 59.1 Å². The quantitative estimate of drug-likeness (QED) is 0.0632. The molecular weight excluding hydrogens is 646 g/mol. The third-order valence-corrected chi connectivity index (χ3v) is 8.33. The van der Waals surface area contributed by atoms with Crippen LogP contribution in [0.15, 0.2) is 103 Å². The van der Waals surface area contributed by atoms with E-state index in [1.807, 2.05) is 0 Å². The first kappa shape index (κ1) is 31.6. The molecule has 18 heteroatoms. The van der Waals surface area contributed by atoms with Gasteiger partial charge in [0.05, 0.1) is 33.9 Å². The molecule has 0 unspecified atom stereocenters. The van der Waals surface area contributed by atoms with Crippen molar-refractivity contribution >= 4 is 82.2 Å². The number of anilines is 1. The summed E-state index contributed by atoms with van der Waals surface area (Å²) in [7, 11) is -9.89. The highest BCUT2D eigenvalue weighted by atomic mass is 32.2. The molecule has 0 aliphatic heterocycles. The molecule has 0 heterocycles. The number of nitrogen functional groups attached to an aromatic ring is 1. The fraction of sp³-hybridized carbons (Fsp3) is 0. The van der Waals surface area contributed by atoms with Gasteiger partial charge in [0.2, 0.25) is 0 Å². The largest absolute Gasteiger partial charge is 0.505 e. The van der Waals surface area contributed by atoms with Crippen molar-refractivity contribution < 1.29 is 50.8 Å². The summed E-state index contributed by atoms with van der Waals surface area (Å²) in [5, 5.41) is 46.1. The highest BCUT2D eigenvalue weighted by molar-refractivity contribution is 7.86. The van der Waals surface area contributed by atoms with E-state index in [2.05, 4.69) is 20.5 Å². The minimum Gasteiger partial charge on any atom is -0.505 e. The van der Waals surface area contributed by atoms with Crippen molar-refractivity contribution in [3.63, 3.8) is 0 Å². The SMILES string of the molecule is Nc1cc2c(O)c(N=Nc3ccc(N=Nc4cc(C(=O)O)cc(C(=O)O)c4)c4ccccc34)c(S(=O)(=O)O)cc2cc1S(=O)(=O)O. The molecule has 16 nitrogen and oxygen atoms in total. The fourth-order valence-corrected chi connectivity index (χ4v) is 5.77.